The first-order valence-corrected chi connectivity index (χ1v) is 7.11. The first kappa shape index (κ1) is 12.4. The molecule has 0 aliphatic carbocycles. The Hall–Kier alpha value is -2.34. The fourth-order valence-corrected chi connectivity index (χ4v) is 3.00. The Balaban J connectivity index is 1.93. The van der Waals surface area contributed by atoms with Crippen molar-refractivity contribution in [2.75, 3.05) is 5.32 Å². The fourth-order valence-electron chi connectivity index (χ4n) is 2.64. The molecule has 5 nitrogen and oxygen atoms in total. The number of hydrogen-bond acceptors (Lipinski definition) is 3. The van der Waals surface area contributed by atoms with Gasteiger partial charge in [-0.25, -0.2) is 0 Å². The summed E-state index contributed by atoms with van der Waals surface area (Å²) in [6.07, 6.45) is 0. The molecule has 6 heteroatoms. The number of benzene rings is 2. The molecule has 1 unspecified atom stereocenters. The summed E-state index contributed by atoms with van der Waals surface area (Å²) in [5.41, 5.74) is 0.122. The molecule has 0 aromatic heterocycles. The zero-order chi connectivity index (χ0) is 14.6. The van der Waals surface area contributed by atoms with E-state index in [0.29, 0.717) is 22.6 Å². The molecule has 0 saturated carbocycles. The van der Waals surface area contributed by atoms with Crippen LogP contribution in [0.1, 0.15) is 15.9 Å². The molecular weight excluding hydrogens is 336 g/mol. The van der Waals surface area contributed by atoms with Gasteiger partial charge in [-0.15, -0.1) is 0 Å². The number of ether oxygens (including phenoxy) is 1. The molecule has 4 rings (SSSR count). The minimum atomic E-state index is -1.51. The van der Waals surface area contributed by atoms with Crippen molar-refractivity contribution in [1.29, 1.82) is 0 Å². The lowest BCUT2D eigenvalue weighted by Gasteiger charge is -2.34. The molecule has 0 radical (unpaired) electrons. The molecule has 2 amide bonds. The monoisotopic (exact) mass is 344 g/mol. The molecule has 1 atom stereocenters. The molecule has 2 heterocycles. The second-order valence-corrected chi connectivity index (χ2v) is 5.79. The molecule has 2 aliphatic rings. The highest BCUT2D eigenvalue weighted by Crippen LogP contribution is 2.42. The summed E-state index contributed by atoms with van der Waals surface area (Å²) in [4.78, 5) is 24.7. The third kappa shape index (κ3) is 1.62. The van der Waals surface area contributed by atoms with Crippen molar-refractivity contribution in [2.24, 2.45) is 0 Å². The Labute approximate surface area is 128 Å². The van der Waals surface area contributed by atoms with Crippen molar-refractivity contribution in [1.82, 2.24) is 5.32 Å². The van der Waals surface area contributed by atoms with Crippen LogP contribution in [0.2, 0.25) is 0 Å². The van der Waals surface area contributed by atoms with E-state index < -0.39 is 11.6 Å². The first-order chi connectivity index (χ1) is 10.1. The van der Waals surface area contributed by atoms with E-state index in [4.69, 9.17) is 4.74 Å². The van der Waals surface area contributed by atoms with Gasteiger partial charge in [0.25, 0.3) is 17.5 Å². The number of para-hydroxylation sites is 1. The maximum atomic E-state index is 12.4. The Morgan fingerprint density at radius 1 is 1.10 bits per heavy atom. The van der Waals surface area contributed by atoms with Crippen LogP contribution in [-0.4, -0.2) is 11.8 Å². The largest absolute Gasteiger partial charge is 0.453 e. The highest BCUT2D eigenvalue weighted by atomic mass is 79.9. The van der Waals surface area contributed by atoms with Crippen LogP contribution in [0.5, 0.6) is 5.75 Å². The van der Waals surface area contributed by atoms with Gasteiger partial charge >= 0.3 is 0 Å². The van der Waals surface area contributed by atoms with E-state index in [9.17, 15) is 9.59 Å². The second-order valence-electron chi connectivity index (χ2n) is 4.88. The maximum absolute atomic E-state index is 12.4. The third-order valence-electron chi connectivity index (χ3n) is 3.61. The first-order valence-electron chi connectivity index (χ1n) is 6.32. The highest BCUT2D eigenvalue weighted by molar-refractivity contribution is 9.10. The summed E-state index contributed by atoms with van der Waals surface area (Å²) in [6.45, 7) is 0. The zero-order valence-corrected chi connectivity index (χ0v) is 12.2. The van der Waals surface area contributed by atoms with E-state index in [1.807, 2.05) is 6.07 Å². The van der Waals surface area contributed by atoms with Gasteiger partial charge < -0.3 is 15.4 Å². The van der Waals surface area contributed by atoms with Crippen LogP contribution in [0.25, 0.3) is 0 Å². The van der Waals surface area contributed by atoms with Crippen molar-refractivity contribution in [3.63, 3.8) is 0 Å². The number of anilines is 1. The van der Waals surface area contributed by atoms with E-state index in [1.54, 1.807) is 36.4 Å². The SMILES string of the molecule is O=C1NC2(Oc3ccccc31)C(=O)Nc1ccc(Br)cc12. The molecule has 104 valence electrons. The third-order valence-corrected chi connectivity index (χ3v) is 4.11. The Kier molecular flexibility index (Phi) is 2.41. The number of carbonyl (C=O) groups is 2. The van der Waals surface area contributed by atoms with Crippen molar-refractivity contribution >= 4 is 33.4 Å². The van der Waals surface area contributed by atoms with E-state index >= 15 is 0 Å². The number of rotatable bonds is 0. The molecule has 0 fully saturated rings. The van der Waals surface area contributed by atoms with Crippen molar-refractivity contribution in [2.45, 2.75) is 5.72 Å². The van der Waals surface area contributed by atoms with Gasteiger partial charge in [-0.05, 0) is 30.3 Å². The lowest BCUT2D eigenvalue weighted by Crippen LogP contribution is -2.57. The summed E-state index contributed by atoms with van der Waals surface area (Å²) in [7, 11) is 0. The molecule has 2 aromatic carbocycles. The average Bonchev–Trinajstić information content (AvgIpc) is 2.72. The normalized spacial score (nSPS) is 22.1. The van der Waals surface area contributed by atoms with Gasteiger partial charge in [-0.2, -0.15) is 0 Å². The van der Waals surface area contributed by atoms with Crippen LogP contribution in [0.4, 0.5) is 5.69 Å². The van der Waals surface area contributed by atoms with Crippen LogP contribution >= 0.6 is 15.9 Å². The fraction of sp³-hybridized carbons (Fsp3) is 0.0667. The van der Waals surface area contributed by atoms with Gasteiger partial charge in [-0.3, -0.25) is 9.59 Å². The number of halogens is 1. The molecule has 2 aromatic rings. The maximum Gasteiger partial charge on any atom is 0.295 e. The van der Waals surface area contributed by atoms with Gasteiger partial charge in [0, 0.05) is 4.47 Å². The predicted molar refractivity (Wildman–Crippen MR) is 79.0 cm³/mol. The van der Waals surface area contributed by atoms with Gasteiger partial charge in [0.1, 0.15) is 5.75 Å². The minimum Gasteiger partial charge on any atom is -0.453 e. The molecule has 2 aliphatic heterocycles. The van der Waals surface area contributed by atoms with Gasteiger partial charge in [0.2, 0.25) is 0 Å². The van der Waals surface area contributed by atoms with Crippen molar-refractivity contribution in [3.05, 3.63) is 58.1 Å². The summed E-state index contributed by atoms with van der Waals surface area (Å²) in [6, 6.07) is 12.2. The number of amides is 2. The van der Waals surface area contributed by atoms with Gasteiger partial charge in [0.05, 0.1) is 16.8 Å². The molecule has 0 saturated heterocycles. The molecular formula is C15H9BrN2O3. The van der Waals surface area contributed by atoms with Crippen LogP contribution < -0.4 is 15.4 Å². The Morgan fingerprint density at radius 3 is 2.76 bits per heavy atom. The van der Waals surface area contributed by atoms with Crippen LogP contribution in [-0.2, 0) is 10.5 Å². The van der Waals surface area contributed by atoms with E-state index in [0.717, 1.165) is 4.47 Å². The van der Waals surface area contributed by atoms with Gasteiger partial charge in [-0.1, -0.05) is 28.1 Å². The molecule has 21 heavy (non-hydrogen) atoms. The van der Waals surface area contributed by atoms with Crippen LogP contribution in [0.15, 0.2) is 46.9 Å². The Morgan fingerprint density at radius 2 is 1.90 bits per heavy atom. The molecule has 1 spiro atoms. The standard InChI is InChI=1S/C15H9BrN2O3/c16-8-5-6-11-10(7-8)15(14(20)17-11)18-13(19)9-3-1-2-4-12(9)21-15/h1-7H,(H,17,20)(H,18,19). The summed E-state index contributed by atoms with van der Waals surface area (Å²) in [5, 5.41) is 5.42. The minimum absolute atomic E-state index is 0.333. The van der Waals surface area contributed by atoms with Gasteiger partial charge in [0.15, 0.2) is 0 Å². The number of carbonyl (C=O) groups excluding carboxylic acids is 2. The number of nitrogens with one attached hydrogen (secondary N) is 2. The Bertz CT molecular complexity index is 805. The number of fused-ring (bicyclic) bond motifs is 3. The average molecular weight is 345 g/mol. The van der Waals surface area contributed by atoms with Crippen LogP contribution in [0.3, 0.4) is 0 Å². The summed E-state index contributed by atoms with van der Waals surface area (Å²) < 4.78 is 6.68. The van der Waals surface area contributed by atoms with E-state index in [2.05, 4.69) is 26.6 Å². The lowest BCUT2D eigenvalue weighted by molar-refractivity contribution is -0.133. The predicted octanol–water partition coefficient (Wildman–Crippen LogP) is 2.38. The zero-order valence-electron chi connectivity index (χ0n) is 10.6. The summed E-state index contributed by atoms with van der Waals surface area (Å²) >= 11 is 3.37. The van der Waals surface area contributed by atoms with Crippen molar-refractivity contribution in [3.8, 4) is 5.75 Å². The van der Waals surface area contributed by atoms with Crippen LogP contribution in [0, 0.1) is 0 Å². The molecule has 2 N–H and O–H groups in total. The van der Waals surface area contributed by atoms with E-state index in [1.165, 1.54) is 0 Å². The van der Waals surface area contributed by atoms with Crippen molar-refractivity contribution < 1.29 is 14.3 Å². The quantitative estimate of drug-likeness (QED) is 0.770. The summed E-state index contributed by atoms with van der Waals surface area (Å²) in [5.74, 6) is -0.345. The smallest absolute Gasteiger partial charge is 0.295 e. The molecule has 0 bridgehead atoms. The number of hydrogen-bond donors (Lipinski definition) is 2. The highest BCUT2D eigenvalue weighted by Gasteiger charge is 2.53. The lowest BCUT2D eigenvalue weighted by atomic mass is 10.0. The topological polar surface area (TPSA) is 67.4 Å². The van der Waals surface area contributed by atoms with E-state index in [-0.39, 0.29) is 5.91 Å². The second kappa shape index (κ2) is 4.08.